The summed E-state index contributed by atoms with van der Waals surface area (Å²) in [4.78, 5) is 15.3. The molecule has 1 aromatic rings. The molecule has 2 aliphatic heterocycles. The lowest BCUT2D eigenvalue weighted by molar-refractivity contribution is -0.118. The summed E-state index contributed by atoms with van der Waals surface area (Å²) >= 11 is 1.56. The summed E-state index contributed by atoms with van der Waals surface area (Å²) in [7, 11) is -3.59. The molecule has 7 nitrogen and oxygen atoms in total. The van der Waals surface area contributed by atoms with Gasteiger partial charge < -0.3 is 10.1 Å². The van der Waals surface area contributed by atoms with E-state index in [1.54, 1.807) is 30.0 Å². The number of amides is 1. The normalized spacial score (nSPS) is 21.7. The standard InChI is InChI=1S/C17H25N3O4S2/c1-13-12-25-16-4-3-14(11-15(16)19-17(13)21)26(22,23)18-5-2-6-20-7-9-24-10-8-20/h3-4,11,13,18H,2,5-10,12H2,1H3,(H,19,21)/t13-/m1/s1. The van der Waals surface area contributed by atoms with Crippen LogP contribution in [0.3, 0.4) is 0 Å². The highest BCUT2D eigenvalue weighted by molar-refractivity contribution is 7.99. The zero-order chi connectivity index (χ0) is 18.6. The van der Waals surface area contributed by atoms with Crippen molar-refractivity contribution in [2.45, 2.75) is 23.1 Å². The summed E-state index contributed by atoms with van der Waals surface area (Å²) < 4.78 is 33.0. The third-order valence-corrected chi connectivity index (χ3v) is 7.29. The number of rotatable bonds is 6. The van der Waals surface area contributed by atoms with E-state index in [-0.39, 0.29) is 16.7 Å². The van der Waals surface area contributed by atoms with Crippen LogP contribution >= 0.6 is 11.8 Å². The molecule has 0 unspecified atom stereocenters. The minimum atomic E-state index is -3.59. The van der Waals surface area contributed by atoms with Gasteiger partial charge in [-0.25, -0.2) is 13.1 Å². The second-order valence-corrected chi connectivity index (χ2v) is 9.39. The fourth-order valence-corrected chi connectivity index (χ4v) is 4.97. The summed E-state index contributed by atoms with van der Waals surface area (Å²) in [5.74, 6) is 0.500. The molecule has 1 amide bonds. The van der Waals surface area contributed by atoms with Gasteiger partial charge in [-0.3, -0.25) is 9.69 Å². The van der Waals surface area contributed by atoms with Crippen molar-refractivity contribution in [3.8, 4) is 0 Å². The molecule has 26 heavy (non-hydrogen) atoms. The number of nitrogens with zero attached hydrogens (tertiary/aromatic N) is 1. The lowest BCUT2D eigenvalue weighted by Crippen LogP contribution is -2.38. The molecule has 0 saturated carbocycles. The van der Waals surface area contributed by atoms with Crippen molar-refractivity contribution in [2.75, 3.05) is 50.5 Å². The predicted molar refractivity (Wildman–Crippen MR) is 102 cm³/mol. The monoisotopic (exact) mass is 399 g/mol. The van der Waals surface area contributed by atoms with Gasteiger partial charge >= 0.3 is 0 Å². The largest absolute Gasteiger partial charge is 0.379 e. The van der Waals surface area contributed by atoms with E-state index >= 15 is 0 Å². The Morgan fingerprint density at radius 3 is 2.88 bits per heavy atom. The van der Waals surface area contributed by atoms with Crippen LogP contribution in [0.25, 0.3) is 0 Å². The molecular weight excluding hydrogens is 374 g/mol. The number of ether oxygens (including phenoxy) is 1. The molecule has 1 saturated heterocycles. The van der Waals surface area contributed by atoms with Gasteiger partial charge in [-0.1, -0.05) is 6.92 Å². The van der Waals surface area contributed by atoms with Crippen LogP contribution in [0.15, 0.2) is 28.0 Å². The maximum atomic E-state index is 12.5. The second-order valence-electron chi connectivity index (χ2n) is 6.56. The second kappa shape index (κ2) is 8.71. The minimum absolute atomic E-state index is 0.0794. The average Bonchev–Trinajstić information content (AvgIpc) is 2.78. The first-order valence-corrected chi connectivity index (χ1v) is 11.3. The van der Waals surface area contributed by atoms with E-state index in [4.69, 9.17) is 4.74 Å². The molecule has 2 N–H and O–H groups in total. The Hall–Kier alpha value is -1.13. The van der Waals surface area contributed by atoms with Crippen molar-refractivity contribution < 1.29 is 17.9 Å². The van der Waals surface area contributed by atoms with E-state index in [0.29, 0.717) is 18.0 Å². The summed E-state index contributed by atoms with van der Waals surface area (Å²) in [6, 6.07) is 4.90. The van der Waals surface area contributed by atoms with E-state index in [1.165, 1.54) is 0 Å². The number of benzene rings is 1. The first-order valence-electron chi connectivity index (χ1n) is 8.83. The highest BCUT2D eigenvalue weighted by Crippen LogP contribution is 2.34. The van der Waals surface area contributed by atoms with Gasteiger partial charge in [0.25, 0.3) is 0 Å². The third-order valence-electron chi connectivity index (χ3n) is 4.50. The topological polar surface area (TPSA) is 87.7 Å². The van der Waals surface area contributed by atoms with Crippen molar-refractivity contribution in [2.24, 2.45) is 5.92 Å². The van der Waals surface area contributed by atoms with Crippen molar-refractivity contribution in [1.29, 1.82) is 0 Å². The van der Waals surface area contributed by atoms with Gasteiger partial charge in [0.05, 0.1) is 23.8 Å². The molecule has 1 fully saturated rings. The van der Waals surface area contributed by atoms with Crippen LogP contribution in [-0.4, -0.2) is 64.4 Å². The van der Waals surface area contributed by atoms with Crippen molar-refractivity contribution in [3.63, 3.8) is 0 Å². The van der Waals surface area contributed by atoms with Crippen molar-refractivity contribution in [3.05, 3.63) is 18.2 Å². The van der Waals surface area contributed by atoms with Gasteiger partial charge in [-0.15, -0.1) is 11.8 Å². The lowest BCUT2D eigenvalue weighted by atomic mass is 10.2. The van der Waals surface area contributed by atoms with Gasteiger partial charge in [0.2, 0.25) is 15.9 Å². The van der Waals surface area contributed by atoms with Gasteiger partial charge in [0, 0.05) is 36.2 Å². The molecule has 3 rings (SSSR count). The van der Waals surface area contributed by atoms with Gasteiger partial charge in [-0.2, -0.15) is 0 Å². The van der Waals surface area contributed by atoms with Crippen LogP contribution in [0.1, 0.15) is 13.3 Å². The molecule has 2 heterocycles. The number of sulfonamides is 1. The van der Waals surface area contributed by atoms with Crippen LogP contribution in [0.4, 0.5) is 5.69 Å². The fraction of sp³-hybridized carbons (Fsp3) is 0.588. The van der Waals surface area contributed by atoms with E-state index in [1.807, 2.05) is 6.92 Å². The summed E-state index contributed by atoms with van der Waals surface area (Å²) in [6.07, 6.45) is 0.744. The summed E-state index contributed by atoms with van der Waals surface area (Å²) in [5.41, 5.74) is 0.570. The Morgan fingerprint density at radius 1 is 1.35 bits per heavy atom. The molecule has 2 aliphatic rings. The number of carbonyl (C=O) groups is 1. The van der Waals surface area contributed by atoms with E-state index in [0.717, 1.165) is 44.2 Å². The number of hydrogen-bond donors (Lipinski definition) is 2. The molecule has 0 bridgehead atoms. The summed E-state index contributed by atoms with van der Waals surface area (Å²) in [5, 5.41) is 2.82. The molecule has 1 aromatic carbocycles. The zero-order valence-electron chi connectivity index (χ0n) is 14.9. The number of nitrogens with one attached hydrogen (secondary N) is 2. The van der Waals surface area contributed by atoms with Crippen LogP contribution < -0.4 is 10.0 Å². The minimum Gasteiger partial charge on any atom is -0.379 e. The quantitative estimate of drug-likeness (QED) is 0.703. The highest BCUT2D eigenvalue weighted by Gasteiger charge is 2.22. The van der Waals surface area contributed by atoms with Crippen LogP contribution in [0.2, 0.25) is 0 Å². The van der Waals surface area contributed by atoms with Crippen molar-refractivity contribution in [1.82, 2.24) is 9.62 Å². The van der Waals surface area contributed by atoms with Crippen molar-refractivity contribution >= 4 is 33.4 Å². The maximum Gasteiger partial charge on any atom is 0.240 e. The number of morpholine rings is 1. The Kier molecular flexibility index (Phi) is 6.57. The molecule has 0 radical (unpaired) electrons. The number of thioether (sulfide) groups is 1. The predicted octanol–water partition coefficient (Wildman–Crippen LogP) is 1.37. The van der Waals surface area contributed by atoms with E-state index in [2.05, 4.69) is 14.9 Å². The summed E-state index contributed by atoms with van der Waals surface area (Å²) in [6.45, 7) is 6.37. The van der Waals surface area contributed by atoms with E-state index in [9.17, 15) is 13.2 Å². The Balaban J connectivity index is 1.58. The Labute approximate surface area is 158 Å². The van der Waals surface area contributed by atoms with Crippen LogP contribution in [0.5, 0.6) is 0 Å². The maximum absolute atomic E-state index is 12.5. The van der Waals surface area contributed by atoms with Gasteiger partial charge in [0.1, 0.15) is 0 Å². The first kappa shape index (κ1) is 19.6. The third kappa shape index (κ3) is 4.98. The lowest BCUT2D eigenvalue weighted by Gasteiger charge is -2.26. The molecule has 144 valence electrons. The first-order chi connectivity index (χ1) is 12.5. The van der Waals surface area contributed by atoms with Gasteiger partial charge in [-0.05, 0) is 31.2 Å². The number of fused-ring (bicyclic) bond motifs is 1. The van der Waals surface area contributed by atoms with Crippen LogP contribution in [-0.2, 0) is 19.6 Å². The van der Waals surface area contributed by atoms with Crippen LogP contribution in [0, 0.1) is 5.92 Å². The molecule has 0 aromatic heterocycles. The number of carbonyl (C=O) groups excluding carboxylic acids is 1. The molecule has 1 atom stereocenters. The molecular formula is C17H25N3O4S2. The SMILES string of the molecule is C[C@@H]1CSc2ccc(S(=O)(=O)NCCCN3CCOCC3)cc2NC1=O. The highest BCUT2D eigenvalue weighted by atomic mass is 32.2. The Bertz CT molecular complexity index is 748. The molecule has 0 spiro atoms. The molecule has 0 aliphatic carbocycles. The van der Waals surface area contributed by atoms with E-state index < -0.39 is 10.0 Å². The number of anilines is 1. The zero-order valence-corrected chi connectivity index (χ0v) is 16.5. The smallest absolute Gasteiger partial charge is 0.240 e. The average molecular weight is 400 g/mol. The Morgan fingerprint density at radius 2 is 2.12 bits per heavy atom. The van der Waals surface area contributed by atoms with Gasteiger partial charge in [0.15, 0.2) is 0 Å². The fourth-order valence-electron chi connectivity index (χ4n) is 2.86. The number of hydrogen-bond acceptors (Lipinski definition) is 6. The molecule has 9 heteroatoms.